The molecule has 11 heteroatoms. The van der Waals surface area contributed by atoms with Crippen molar-refractivity contribution in [3.63, 3.8) is 0 Å². The molecule has 0 aliphatic heterocycles. The van der Waals surface area contributed by atoms with Crippen LogP contribution < -0.4 is 19.6 Å². The number of aliphatic imine (C=N–C) groups is 1. The zero-order valence-electron chi connectivity index (χ0n) is 25.9. The van der Waals surface area contributed by atoms with Crippen molar-refractivity contribution in [3.8, 4) is 17.2 Å². The van der Waals surface area contributed by atoms with E-state index in [2.05, 4.69) is 31.0 Å². The summed E-state index contributed by atoms with van der Waals surface area (Å²) < 4.78 is 15.9. The first kappa shape index (κ1) is 31.9. The summed E-state index contributed by atoms with van der Waals surface area (Å²) in [6.45, 7) is 0. The van der Waals surface area contributed by atoms with Gasteiger partial charge in [-0.25, -0.2) is 10.4 Å². The maximum absolute atomic E-state index is 13.1. The minimum atomic E-state index is -0.449. The standard InChI is InChI=1S/C36H31N7O4/c1-45-30-21-17-28(18-22-30)38-40-34(25-9-5-4-6-10-25)37-27-15-13-26(14-16-27)36(44)43-42-35(32-11-7-8-12-33(32)47-3)41-39-29-19-23-31(46-2)24-20-29/h4-24H,1-3H3,(H,43,44)/b37-34?,40-38?,41-39?,42-35-. The summed E-state index contributed by atoms with van der Waals surface area (Å²) in [5.74, 6) is 2.06. The number of ether oxygens (including phenoxy) is 3. The number of hydrazone groups is 1. The largest absolute Gasteiger partial charge is 0.497 e. The van der Waals surface area contributed by atoms with E-state index in [4.69, 9.17) is 19.2 Å². The summed E-state index contributed by atoms with van der Waals surface area (Å²) in [5, 5.41) is 21.7. The van der Waals surface area contributed by atoms with Gasteiger partial charge >= 0.3 is 0 Å². The normalized spacial score (nSPS) is 11.9. The monoisotopic (exact) mass is 625 g/mol. The number of nitrogens with one attached hydrogen (secondary N) is 1. The highest BCUT2D eigenvalue weighted by Gasteiger charge is 2.12. The predicted octanol–water partition coefficient (Wildman–Crippen LogP) is 8.45. The topological polar surface area (TPSA) is 131 Å². The van der Waals surface area contributed by atoms with Crippen LogP contribution in [0.5, 0.6) is 17.2 Å². The van der Waals surface area contributed by atoms with Gasteiger partial charge < -0.3 is 14.2 Å². The molecule has 0 radical (unpaired) electrons. The molecule has 0 fully saturated rings. The van der Waals surface area contributed by atoms with Crippen LogP contribution in [0, 0.1) is 0 Å². The van der Waals surface area contributed by atoms with Gasteiger partial charge in [0.15, 0.2) is 5.84 Å². The van der Waals surface area contributed by atoms with Crippen molar-refractivity contribution in [1.82, 2.24) is 5.43 Å². The predicted molar refractivity (Wildman–Crippen MR) is 181 cm³/mol. The quantitative estimate of drug-likeness (QED) is 0.0722. The van der Waals surface area contributed by atoms with Crippen LogP contribution in [0.25, 0.3) is 0 Å². The second kappa shape index (κ2) is 16.0. The lowest BCUT2D eigenvalue weighted by molar-refractivity contribution is 0.0955. The number of benzene rings is 5. The SMILES string of the molecule is COc1ccc(N=NC(=Nc2ccc(C(=O)N/N=C(\N=Nc3ccc(OC)cc3)c3ccccc3OC)cc2)c2ccccc2)cc1. The number of nitrogens with zero attached hydrogens (tertiary/aromatic N) is 6. The molecule has 0 atom stereocenters. The van der Waals surface area contributed by atoms with Gasteiger partial charge in [-0.1, -0.05) is 42.5 Å². The summed E-state index contributed by atoms with van der Waals surface area (Å²) >= 11 is 0. The Kier molecular flexibility index (Phi) is 10.9. The highest BCUT2D eigenvalue weighted by molar-refractivity contribution is 6.03. The Hall–Kier alpha value is -6.49. The van der Waals surface area contributed by atoms with Gasteiger partial charge in [-0.3, -0.25) is 4.79 Å². The Balaban J connectivity index is 1.37. The van der Waals surface area contributed by atoms with E-state index in [1.54, 1.807) is 94.1 Å². The summed E-state index contributed by atoms with van der Waals surface area (Å²) in [5.41, 5.74) is 6.09. The fraction of sp³-hybridized carbons (Fsp3) is 0.0833. The van der Waals surface area contributed by atoms with Crippen molar-refractivity contribution in [2.24, 2.45) is 30.6 Å². The average molecular weight is 626 g/mol. The van der Waals surface area contributed by atoms with Crippen molar-refractivity contribution >= 4 is 34.6 Å². The summed E-state index contributed by atoms with van der Waals surface area (Å²) in [4.78, 5) is 17.8. The van der Waals surface area contributed by atoms with E-state index in [0.717, 1.165) is 11.3 Å². The third-order valence-electron chi connectivity index (χ3n) is 6.67. The number of rotatable bonds is 10. The number of hydrogen-bond acceptors (Lipinski definition) is 8. The maximum Gasteiger partial charge on any atom is 0.271 e. The molecule has 11 nitrogen and oxygen atoms in total. The Morgan fingerprint density at radius 3 is 1.64 bits per heavy atom. The molecule has 47 heavy (non-hydrogen) atoms. The minimum Gasteiger partial charge on any atom is -0.497 e. The Labute approximate surface area is 272 Å². The molecule has 0 aliphatic carbocycles. The van der Waals surface area contributed by atoms with Crippen LogP contribution in [0.15, 0.2) is 158 Å². The highest BCUT2D eigenvalue weighted by Crippen LogP contribution is 2.23. The molecule has 234 valence electrons. The van der Waals surface area contributed by atoms with E-state index in [9.17, 15) is 4.79 Å². The molecule has 0 bridgehead atoms. The average Bonchev–Trinajstić information content (AvgIpc) is 3.14. The summed E-state index contributed by atoms with van der Waals surface area (Å²) in [6, 6.07) is 37.7. The second-order valence-corrected chi connectivity index (χ2v) is 9.72. The molecular weight excluding hydrogens is 594 g/mol. The van der Waals surface area contributed by atoms with E-state index in [0.29, 0.717) is 45.5 Å². The molecule has 0 aliphatic rings. The van der Waals surface area contributed by atoms with Crippen molar-refractivity contribution in [1.29, 1.82) is 0 Å². The molecule has 0 saturated carbocycles. The van der Waals surface area contributed by atoms with Crippen LogP contribution in [0.3, 0.4) is 0 Å². The van der Waals surface area contributed by atoms with Crippen LogP contribution in [0.1, 0.15) is 21.5 Å². The molecule has 0 aromatic heterocycles. The van der Waals surface area contributed by atoms with Crippen LogP contribution >= 0.6 is 0 Å². The number of carbonyl (C=O) groups excluding carboxylic acids is 1. The number of amidine groups is 2. The van der Waals surface area contributed by atoms with Gasteiger partial charge in [0.2, 0.25) is 5.84 Å². The van der Waals surface area contributed by atoms with Crippen LogP contribution in [0.2, 0.25) is 0 Å². The fourth-order valence-electron chi connectivity index (χ4n) is 4.18. The number of azo groups is 2. The van der Waals surface area contributed by atoms with E-state index in [1.165, 1.54) is 0 Å². The smallest absolute Gasteiger partial charge is 0.271 e. The van der Waals surface area contributed by atoms with Gasteiger partial charge in [0.25, 0.3) is 5.91 Å². The fourth-order valence-corrected chi connectivity index (χ4v) is 4.18. The van der Waals surface area contributed by atoms with Gasteiger partial charge in [-0.05, 0) is 84.9 Å². The van der Waals surface area contributed by atoms with Gasteiger partial charge in [-0.15, -0.1) is 25.6 Å². The first-order valence-electron chi connectivity index (χ1n) is 14.4. The molecule has 0 spiro atoms. The van der Waals surface area contributed by atoms with Gasteiger partial charge in [0, 0.05) is 11.1 Å². The van der Waals surface area contributed by atoms with Crippen molar-refractivity contribution in [3.05, 3.63) is 144 Å². The zero-order valence-corrected chi connectivity index (χ0v) is 25.9. The van der Waals surface area contributed by atoms with Crippen LogP contribution in [0.4, 0.5) is 17.1 Å². The first-order valence-corrected chi connectivity index (χ1v) is 14.4. The Morgan fingerprint density at radius 2 is 1.06 bits per heavy atom. The van der Waals surface area contributed by atoms with Gasteiger partial charge in [0.1, 0.15) is 17.2 Å². The van der Waals surface area contributed by atoms with E-state index >= 15 is 0 Å². The lowest BCUT2D eigenvalue weighted by Gasteiger charge is -2.08. The van der Waals surface area contributed by atoms with Gasteiger partial charge in [-0.2, -0.15) is 0 Å². The molecular formula is C36H31N7O4. The summed E-state index contributed by atoms with van der Waals surface area (Å²) in [6.07, 6.45) is 0. The number of hydrogen-bond donors (Lipinski definition) is 1. The van der Waals surface area contributed by atoms with Crippen LogP contribution in [-0.2, 0) is 0 Å². The molecule has 5 aromatic rings. The lowest BCUT2D eigenvalue weighted by atomic mass is 10.2. The Bertz CT molecular complexity index is 1900. The van der Waals surface area contributed by atoms with Crippen molar-refractivity contribution in [2.75, 3.05) is 21.3 Å². The molecule has 0 saturated heterocycles. The maximum atomic E-state index is 13.1. The number of para-hydroxylation sites is 1. The van der Waals surface area contributed by atoms with Crippen molar-refractivity contribution in [2.45, 2.75) is 0 Å². The van der Waals surface area contributed by atoms with E-state index in [-0.39, 0.29) is 5.84 Å². The third kappa shape index (κ3) is 8.79. The minimum absolute atomic E-state index is 0.155. The van der Waals surface area contributed by atoms with E-state index in [1.807, 2.05) is 54.6 Å². The molecule has 0 unspecified atom stereocenters. The van der Waals surface area contributed by atoms with E-state index < -0.39 is 5.91 Å². The lowest BCUT2D eigenvalue weighted by Crippen LogP contribution is -2.19. The molecule has 1 amide bonds. The molecule has 0 heterocycles. The summed E-state index contributed by atoms with van der Waals surface area (Å²) in [7, 11) is 4.74. The van der Waals surface area contributed by atoms with Gasteiger partial charge in [0.05, 0.1) is 44.0 Å². The third-order valence-corrected chi connectivity index (χ3v) is 6.67. The van der Waals surface area contributed by atoms with Crippen molar-refractivity contribution < 1.29 is 19.0 Å². The zero-order chi connectivity index (χ0) is 32.8. The number of amides is 1. The molecule has 1 N–H and O–H groups in total. The number of carbonyl (C=O) groups is 1. The second-order valence-electron chi connectivity index (χ2n) is 9.72. The molecule has 5 rings (SSSR count). The van der Waals surface area contributed by atoms with Crippen LogP contribution in [-0.4, -0.2) is 38.9 Å². The Morgan fingerprint density at radius 1 is 0.532 bits per heavy atom. The highest BCUT2D eigenvalue weighted by atomic mass is 16.5. The first-order chi connectivity index (χ1) is 23.1. The number of methoxy groups -OCH3 is 3. The molecule has 5 aromatic carbocycles.